The molecule has 1 aliphatic heterocycles. The van der Waals surface area contributed by atoms with Crippen molar-refractivity contribution < 1.29 is 19.1 Å². The second-order valence-electron chi connectivity index (χ2n) is 5.18. The van der Waals surface area contributed by atoms with Crippen LogP contribution < -0.4 is 11.1 Å². The number of rotatable bonds is 4. The van der Waals surface area contributed by atoms with Crippen molar-refractivity contribution in [1.29, 1.82) is 0 Å². The van der Waals surface area contributed by atoms with Crippen molar-refractivity contribution >= 4 is 23.5 Å². The van der Waals surface area contributed by atoms with E-state index in [-0.39, 0.29) is 12.3 Å². The lowest BCUT2D eigenvalue weighted by Crippen LogP contribution is -2.16. The van der Waals surface area contributed by atoms with Crippen LogP contribution in [0.2, 0.25) is 0 Å². The first-order valence-corrected chi connectivity index (χ1v) is 7.04. The van der Waals surface area contributed by atoms with E-state index in [4.69, 9.17) is 10.5 Å². The Bertz CT molecular complexity index is 783. The molecule has 0 spiro atoms. The molecule has 0 bridgehead atoms. The lowest BCUT2D eigenvalue weighted by Gasteiger charge is -2.11. The highest BCUT2D eigenvalue weighted by Crippen LogP contribution is 2.32. The number of hydrogen-bond donors (Lipinski definition) is 2. The van der Waals surface area contributed by atoms with Crippen LogP contribution in [0.1, 0.15) is 38.8 Å². The molecular weight excluding hydrogens is 296 g/mol. The van der Waals surface area contributed by atoms with Crippen LogP contribution in [-0.2, 0) is 9.53 Å². The number of cyclic esters (lactones) is 1. The number of esters is 1. The summed E-state index contributed by atoms with van der Waals surface area (Å²) < 4.78 is 5.23. The van der Waals surface area contributed by atoms with Crippen molar-refractivity contribution in [3.63, 3.8) is 0 Å². The number of carbonyl (C=O) groups is 3. The molecule has 0 aliphatic carbocycles. The molecule has 116 valence electrons. The number of nitrogens with two attached hydrogens (primary N) is 1. The van der Waals surface area contributed by atoms with E-state index >= 15 is 0 Å². The van der Waals surface area contributed by atoms with Crippen LogP contribution in [-0.4, -0.2) is 17.8 Å². The molecule has 0 saturated heterocycles. The lowest BCUT2D eigenvalue weighted by molar-refractivity contribution is -0.118. The summed E-state index contributed by atoms with van der Waals surface area (Å²) in [6.45, 7) is 0. The Morgan fingerprint density at radius 1 is 1.09 bits per heavy atom. The summed E-state index contributed by atoms with van der Waals surface area (Å²) in [5.41, 5.74) is 7.28. The quantitative estimate of drug-likeness (QED) is 0.844. The van der Waals surface area contributed by atoms with E-state index in [1.54, 1.807) is 36.4 Å². The fraction of sp³-hybridized carbons (Fsp3) is 0.118. The van der Waals surface area contributed by atoms with E-state index in [9.17, 15) is 14.4 Å². The van der Waals surface area contributed by atoms with Gasteiger partial charge in [-0.15, -0.1) is 0 Å². The molecule has 1 unspecified atom stereocenters. The topological polar surface area (TPSA) is 98.5 Å². The van der Waals surface area contributed by atoms with Crippen molar-refractivity contribution in [2.75, 3.05) is 5.32 Å². The minimum Gasteiger partial charge on any atom is -0.453 e. The number of benzene rings is 2. The Kier molecular flexibility index (Phi) is 3.80. The van der Waals surface area contributed by atoms with Crippen LogP contribution in [0.25, 0.3) is 0 Å². The van der Waals surface area contributed by atoms with Gasteiger partial charge < -0.3 is 15.8 Å². The molecular formula is C17H14N2O4. The molecule has 3 N–H and O–H groups in total. The monoisotopic (exact) mass is 310 g/mol. The third-order valence-corrected chi connectivity index (χ3v) is 3.60. The van der Waals surface area contributed by atoms with Gasteiger partial charge in [-0.25, -0.2) is 4.79 Å². The summed E-state index contributed by atoms with van der Waals surface area (Å²) >= 11 is 0. The van der Waals surface area contributed by atoms with Crippen molar-refractivity contribution in [2.45, 2.75) is 12.5 Å². The van der Waals surface area contributed by atoms with Crippen LogP contribution in [0.3, 0.4) is 0 Å². The van der Waals surface area contributed by atoms with Gasteiger partial charge in [0.1, 0.15) is 6.10 Å². The molecule has 23 heavy (non-hydrogen) atoms. The van der Waals surface area contributed by atoms with Crippen molar-refractivity contribution in [2.24, 2.45) is 5.73 Å². The standard InChI is InChI=1S/C17H14N2O4/c18-16(21)10-5-7-11(8-6-10)19-15(20)9-14-12-3-1-2-4-13(12)17(22)23-14/h1-8,14H,9H2,(H2,18,21)(H,19,20). The van der Waals surface area contributed by atoms with Gasteiger partial charge in [-0.1, -0.05) is 18.2 Å². The van der Waals surface area contributed by atoms with Gasteiger partial charge in [-0.2, -0.15) is 0 Å². The van der Waals surface area contributed by atoms with Crippen LogP contribution in [0, 0.1) is 0 Å². The number of anilines is 1. The SMILES string of the molecule is NC(=O)c1ccc(NC(=O)CC2OC(=O)c3ccccc32)cc1. The minimum atomic E-state index is -0.580. The second-order valence-corrected chi connectivity index (χ2v) is 5.18. The maximum absolute atomic E-state index is 12.1. The summed E-state index contributed by atoms with van der Waals surface area (Å²) in [5.74, 6) is -1.23. The molecule has 2 aromatic carbocycles. The molecule has 0 radical (unpaired) electrons. The lowest BCUT2D eigenvalue weighted by atomic mass is 10.0. The molecule has 0 aromatic heterocycles. The van der Waals surface area contributed by atoms with Gasteiger partial charge in [0.05, 0.1) is 12.0 Å². The number of nitrogens with one attached hydrogen (secondary N) is 1. The molecule has 6 nitrogen and oxygen atoms in total. The van der Waals surface area contributed by atoms with E-state index in [1.807, 2.05) is 0 Å². The fourth-order valence-electron chi connectivity index (χ4n) is 2.47. The highest BCUT2D eigenvalue weighted by Gasteiger charge is 2.31. The Morgan fingerprint density at radius 3 is 2.48 bits per heavy atom. The number of amides is 2. The number of hydrogen-bond acceptors (Lipinski definition) is 4. The van der Waals surface area contributed by atoms with Crippen molar-refractivity contribution in [3.05, 3.63) is 65.2 Å². The molecule has 3 rings (SSSR count). The van der Waals surface area contributed by atoms with Crippen LogP contribution in [0.5, 0.6) is 0 Å². The van der Waals surface area contributed by atoms with Crippen molar-refractivity contribution in [1.82, 2.24) is 0 Å². The van der Waals surface area contributed by atoms with Gasteiger partial charge in [0.25, 0.3) is 0 Å². The molecule has 6 heteroatoms. The number of ether oxygens (including phenoxy) is 1. The summed E-state index contributed by atoms with van der Waals surface area (Å²) in [7, 11) is 0. The van der Waals surface area contributed by atoms with Gasteiger partial charge in [-0.05, 0) is 30.3 Å². The summed E-state index contributed by atoms with van der Waals surface area (Å²) in [5, 5.41) is 2.70. The predicted molar refractivity (Wildman–Crippen MR) is 82.8 cm³/mol. The number of primary amides is 1. The molecule has 1 heterocycles. The van der Waals surface area contributed by atoms with E-state index in [0.29, 0.717) is 16.8 Å². The summed E-state index contributed by atoms with van der Waals surface area (Å²) in [6.07, 6.45) is -0.552. The first kappa shape index (κ1) is 14.8. The Labute approximate surface area is 132 Å². The zero-order valence-electron chi connectivity index (χ0n) is 12.1. The summed E-state index contributed by atoms with van der Waals surface area (Å²) in [4.78, 5) is 34.8. The van der Waals surface area contributed by atoms with Crippen molar-refractivity contribution in [3.8, 4) is 0 Å². The van der Waals surface area contributed by atoms with E-state index in [1.165, 1.54) is 12.1 Å². The Morgan fingerprint density at radius 2 is 1.78 bits per heavy atom. The van der Waals surface area contributed by atoms with E-state index in [0.717, 1.165) is 5.56 Å². The maximum Gasteiger partial charge on any atom is 0.339 e. The minimum absolute atomic E-state index is 0.0281. The largest absolute Gasteiger partial charge is 0.453 e. The number of carbonyl (C=O) groups excluding carboxylic acids is 3. The average molecular weight is 310 g/mol. The van der Waals surface area contributed by atoms with Gasteiger partial charge in [0.2, 0.25) is 11.8 Å². The second kappa shape index (κ2) is 5.92. The third-order valence-electron chi connectivity index (χ3n) is 3.60. The fourth-order valence-corrected chi connectivity index (χ4v) is 2.47. The Hall–Kier alpha value is -3.15. The highest BCUT2D eigenvalue weighted by molar-refractivity contribution is 5.97. The maximum atomic E-state index is 12.1. The first-order valence-electron chi connectivity index (χ1n) is 7.04. The molecule has 0 fully saturated rings. The van der Waals surface area contributed by atoms with Gasteiger partial charge in [0.15, 0.2) is 0 Å². The summed E-state index contributed by atoms with van der Waals surface area (Å²) in [6, 6.07) is 13.2. The van der Waals surface area contributed by atoms with Crippen LogP contribution >= 0.6 is 0 Å². The average Bonchev–Trinajstić information content (AvgIpc) is 2.84. The van der Waals surface area contributed by atoms with Gasteiger partial charge in [-0.3, -0.25) is 9.59 Å². The third kappa shape index (κ3) is 3.06. The van der Waals surface area contributed by atoms with Crippen LogP contribution in [0.4, 0.5) is 5.69 Å². The highest BCUT2D eigenvalue weighted by atomic mass is 16.5. The van der Waals surface area contributed by atoms with Gasteiger partial charge >= 0.3 is 5.97 Å². The molecule has 1 atom stereocenters. The number of fused-ring (bicyclic) bond motifs is 1. The van der Waals surface area contributed by atoms with E-state index in [2.05, 4.69) is 5.32 Å². The predicted octanol–water partition coefficient (Wildman–Crippen LogP) is 2.03. The smallest absolute Gasteiger partial charge is 0.339 e. The molecule has 1 aliphatic rings. The molecule has 0 saturated carbocycles. The molecule has 2 aromatic rings. The first-order chi connectivity index (χ1) is 11.0. The normalized spacial score (nSPS) is 15.7. The van der Waals surface area contributed by atoms with Crippen LogP contribution in [0.15, 0.2) is 48.5 Å². The van der Waals surface area contributed by atoms with Gasteiger partial charge in [0, 0.05) is 16.8 Å². The zero-order chi connectivity index (χ0) is 16.4. The van der Waals surface area contributed by atoms with E-state index < -0.39 is 18.0 Å². The Balaban J connectivity index is 1.66. The zero-order valence-corrected chi connectivity index (χ0v) is 12.1. The molecule has 2 amide bonds.